The minimum absolute atomic E-state index is 0.00870. The van der Waals surface area contributed by atoms with Crippen molar-refractivity contribution < 1.29 is 4.74 Å². The number of rotatable bonds is 3. The summed E-state index contributed by atoms with van der Waals surface area (Å²) in [5, 5.41) is 5.01. The fraction of sp³-hybridized carbons (Fsp3) is 0.438. The number of aromatic nitrogens is 1. The third kappa shape index (κ3) is 2.83. The molecule has 0 unspecified atom stereocenters. The van der Waals surface area contributed by atoms with Crippen molar-refractivity contribution in [3.63, 3.8) is 0 Å². The normalized spacial score (nSPS) is 11.7. The number of nitrogens with one attached hydrogen (secondary N) is 1. The molecule has 0 spiro atoms. The van der Waals surface area contributed by atoms with E-state index in [1.165, 1.54) is 0 Å². The van der Waals surface area contributed by atoms with Gasteiger partial charge in [0.2, 0.25) is 0 Å². The van der Waals surface area contributed by atoms with Gasteiger partial charge in [-0.25, -0.2) is 0 Å². The van der Waals surface area contributed by atoms with Crippen molar-refractivity contribution in [2.75, 3.05) is 19.0 Å². The Kier molecular flexibility index (Phi) is 4.09. The number of pyridine rings is 1. The lowest BCUT2D eigenvalue weighted by atomic mass is 9.90. The second-order valence-electron chi connectivity index (χ2n) is 5.84. The van der Waals surface area contributed by atoms with Crippen LogP contribution in [0.1, 0.15) is 33.4 Å². The Morgan fingerprint density at radius 1 is 1.25 bits per heavy atom. The molecule has 20 heavy (non-hydrogen) atoms. The Hall–Kier alpha value is -1.48. The molecule has 0 bridgehead atoms. The van der Waals surface area contributed by atoms with Gasteiger partial charge in [-0.3, -0.25) is 4.98 Å². The molecule has 1 aromatic heterocycles. The van der Waals surface area contributed by atoms with Crippen molar-refractivity contribution in [3.05, 3.63) is 28.9 Å². The van der Waals surface area contributed by atoms with Crippen LogP contribution in [0.25, 0.3) is 10.9 Å². The van der Waals surface area contributed by atoms with Gasteiger partial charge in [-0.15, -0.1) is 0 Å². The van der Waals surface area contributed by atoms with E-state index in [0.29, 0.717) is 10.8 Å². The Bertz CT molecular complexity index is 632. The van der Waals surface area contributed by atoms with Gasteiger partial charge in [0.25, 0.3) is 0 Å². The predicted octanol–water partition coefficient (Wildman–Crippen LogP) is 4.63. The number of fused-ring (bicyclic) bond motifs is 1. The summed E-state index contributed by atoms with van der Waals surface area (Å²) >= 11 is 6.22. The number of halogens is 1. The second kappa shape index (κ2) is 5.49. The van der Waals surface area contributed by atoms with Crippen LogP contribution in [0.3, 0.4) is 0 Å². The Labute approximate surface area is 125 Å². The molecule has 1 N–H and O–H groups in total. The molecule has 0 aliphatic rings. The molecule has 0 atom stereocenters. The van der Waals surface area contributed by atoms with Crippen LogP contribution in [0.5, 0.6) is 5.75 Å². The molecule has 0 aliphatic heterocycles. The average Bonchev–Trinajstić information content (AvgIpc) is 2.37. The van der Waals surface area contributed by atoms with Crippen molar-refractivity contribution in [1.29, 1.82) is 0 Å². The fourth-order valence-electron chi connectivity index (χ4n) is 2.10. The lowest BCUT2D eigenvalue weighted by Crippen LogP contribution is -2.14. The first-order valence-corrected chi connectivity index (χ1v) is 7.17. The molecule has 0 aliphatic carbocycles. The zero-order valence-corrected chi connectivity index (χ0v) is 13.4. The van der Waals surface area contributed by atoms with E-state index in [2.05, 4.69) is 39.1 Å². The summed E-state index contributed by atoms with van der Waals surface area (Å²) in [5.74, 6) is 0.653. The summed E-state index contributed by atoms with van der Waals surface area (Å²) in [6, 6.07) is 5.91. The maximum Gasteiger partial charge on any atom is 0.139 e. The van der Waals surface area contributed by atoms with Gasteiger partial charge < -0.3 is 10.1 Å². The van der Waals surface area contributed by atoms with Crippen molar-refractivity contribution in [3.8, 4) is 5.75 Å². The molecule has 2 rings (SSSR count). The Morgan fingerprint density at radius 2 is 1.95 bits per heavy atom. The van der Waals surface area contributed by atoms with Crippen LogP contribution >= 0.6 is 11.6 Å². The van der Waals surface area contributed by atoms with E-state index in [9.17, 15) is 0 Å². The van der Waals surface area contributed by atoms with Crippen LogP contribution in [0.15, 0.2) is 18.2 Å². The highest BCUT2D eigenvalue weighted by Crippen LogP contribution is 2.35. The monoisotopic (exact) mass is 292 g/mol. The summed E-state index contributed by atoms with van der Waals surface area (Å²) in [6.07, 6.45) is 0. The first-order valence-electron chi connectivity index (χ1n) is 6.79. The minimum Gasteiger partial charge on any atom is -0.495 e. The van der Waals surface area contributed by atoms with Gasteiger partial charge >= 0.3 is 0 Å². The highest BCUT2D eigenvalue weighted by Gasteiger charge is 2.18. The van der Waals surface area contributed by atoms with E-state index < -0.39 is 0 Å². The van der Waals surface area contributed by atoms with Crippen LogP contribution in [-0.4, -0.2) is 18.6 Å². The maximum absolute atomic E-state index is 6.22. The van der Waals surface area contributed by atoms with Gasteiger partial charge in [0, 0.05) is 34.8 Å². The van der Waals surface area contributed by atoms with E-state index in [1.54, 1.807) is 7.11 Å². The topological polar surface area (TPSA) is 34.2 Å². The first kappa shape index (κ1) is 14.9. The van der Waals surface area contributed by atoms with Crippen LogP contribution in [0, 0.1) is 0 Å². The summed E-state index contributed by atoms with van der Waals surface area (Å²) in [6.45, 7) is 9.40. The maximum atomic E-state index is 6.22. The predicted molar refractivity (Wildman–Crippen MR) is 86.2 cm³/mol. The van der Waals surface area contributed by atoms with Crippen molar-refractivity contribution in [1.82, 2.24) is 4.98 Å². The first-order chi connectivity index (χ1) is 9.36. The standard InChI is InChI=1S/C16H21ClN2O/c1-6-18-12-9-15(16(2,3)4)19-13-8-14(20-5)11(17)7-10(12)13/h7-9H,6H2,1-5H3,(H,18,19). The number of anilines is 1. The summed E-state index contributed by atoms with van der Waals surface area (Å²) < 4.78 is 5.29. The molecule has 1 heterocycles. The summed E-state index contributed by atoms with van der Waals surface area (Å²) in [4.78, 5) is 4.76. The number of hydrogen-bond acceptors (Lipinski definition) is 3. The third-order valence-corrected chi connectivity index (χ3v) is 3.51. The van der Waals surface area contributed by atoms with E-state index in [1.807, 2.05) is 12.1 Å². The van der Waals surface area contributed by atoms with Crippen LogP contribution in [-0.2, 0) is 5.41 Å². The largest absolute Gasteiger partial charge is 0.495 e. The smallest absolute Gasteiger partial charge is 0.139 e. The molecule has 3 nitrogen and oxygen atoms in total. The number of benzene rings is 1. The molecule has 0 amide bonds. The second-order valence-corrected chi connectivity index (χ2v) is 6.25. The molecule has 0 saturated carbocycles. The zero-order chi connectivity index (χ0) is 14.9. The van der Waals surface area contributed by atoms with Crippen molar-refractivity contribution >= 4 is 28.2 Å². The summed E-state index contributed by atoms with van der Waals surface area (Å²) in [7, 11) is 1.62. The highest BCUT2D eigenvalue weighted by molar-refractivity contribution is 6.33. The fourth-order valence-corrected chi connectivity index (χ4v) is 2.35. The van der Waals surface area contributed by atoms with Gasteiger partial charge in [0.15, 0.2) is 0 Å². The quantitative estimate of drug-likeness (QED) is 0.896. The Balaban J connectivity index is 2.75. The molecule has 108 valence electrons. The van der Waals surface area contributed by atoms with Crippen LogP contribution in [0.4, 0.5) is 5.69 Å². The highest BCUT2D eigenvalue weighted by atomic mass is 35.5. The van der Waals surface area contributed by atoms with Crippen LogP contribution < -0.4 is 10.1 Å². The number of ether oxygens (including phenoxy) is 1. The summed E-state index contributed by atoms with van der Waals surface area (Å²) in [5.41, 5.74) is 3.00. The van der Waals surface area contributed by atoms with E-state index >= 15 is 0 Å². The van der Waals surface area contributed by atoms with Gasteiger partial charge in [-0.2, -0.15) is 0 Å². The molecule has 0 fully saturated rings. The molecule has 1 aromatic carbocycles. The van der Waals surface area contributed by atoms with E-state index in [4.69, 9.17) is 21.3 Å². The lowest BCUT2D eigenvalue weighted by molar-refractivity contribution is 0.415. The SMILES string of the molecule is CCNc1cc(C(C)(C)C)nc2cc(OC)c(Cl)cc12. The molecular weight excluding hydrogens is 272 g/mol. The minimum atomic E-state index is -0.00870. The molecule has 4 heteroatoms. The van der Waals surface area contributed by atoms with E-state index in [0.717, 1.165) is 28.8 Å². The van der Waals surface area contributed by atoms with Gasteiger partial charge in [-0.1, -0.05) is 32.4 Å². The average molecular weight is 293 g/mol. The van der Waals surface area contributed by atoms with Crippen molar-refractivity contribution in [2.45, 2.75) is 33.1 Å². The third-order valence-electron chi connectivity index (χ3n) is 3.22. The van der Waals surface area contributed by atoms with Crippen LogP contribution in [0.2, 0.25) is 5.02 Å². The Morgan fingerprint density at radius 3 is 2.50 bits per heavy atom. The lowest BCUT2D eigenvalue weighted by Gasteiger charge is -2.20. The van der Waals surface area contributed by atoms with Gasteiger partial charge in [0.1, 0.15) is 5.75 Å². The molecule has 0 saturated heterocycles. The molecular formula is C16H21ClN2O. The number of hydrogen-bond donors (Lipinski definition) is 1. The van der Waals surface area contributed by atoms with Crippen molar-refractivity contribution in [2.24, 2.45) is 0 Å². The molecule has 0 radical (unpaired) electrons. The molecule has 2 aromatic rings. The zero-order valence-electron chi connectivity index (χ0n) is 12.7. The van der Waals surface area contributed by atoms with E-state index in [-0.39, 0.29) is 5.41 Å². The van der Waals surface area contributed by atoms with Gasteiger partial charge in [0.05, 0.1) is 17.6 Å². The van der Waals surface area contributed by atoms with Gasteiger partial charge in [-0.05, 0) is 19.1 Å². The number of nitrogens with zero attached hydrogens (tertiary/aromatic N) is 1. The number of methoxy groups -OCH3 is 1.